The summed E-state index contributed by atoms with van der Waals surface area (Å²) in [5.41, 5.74) is -0.806. The van der Waals surface area contributed by atoms with E-state index in [9.17, 15) is 25.2 Å². The predicted molar refractivity (Wildman–Crippen MR) is 85.3 cm³/mol. The number of hydrogen-bond acceptors (Lipinski definition) is 9. The van der Waals surface area contributed by atoms with Gasteiger partial charge in [0.1, 0.15) is 30.0 Å². The van der Waals surface area contributed by atoms with Crippen molar-refractivity contribution in [3.63, 3.8) is 0 Å². The van der Waals surface area contributed by atoms with Crippen LogP contribution < -0.4 is 0 Å². The number of rotatable bonds is 4. The van der Waals surface area contributed by atoms with Crippen molar-refractivity contribution in [1.29, 1.82) is 0 Å². The van der Waals surface area contributed by atoms with Gasteiger partial charge < -0.3 is 39.4 Å². The molecule has 148 valence electrons. The molecule has 9 nitrogen and oxygen atoms in total. The molecule has 3 rings (SSSR count). The number of esters is 1. The van der Waals surface area contributed by atoms with Gasteiger partial charge in [-0.15, -0.1) is 0 Å². The van der Waals surface area contributed by atoms with Gasteiger partial charge in [0.05, 0.1) is 18.8 Å². The smallest absolute Gasteiger partial charge is 0.303 e. The van der Waals surface area contributed by atoms with Crippen LogP contribution in [0.15, 0.2) is 12.3 Å². The molecule has 9 heteroatoms. The first-order valence-electron chi connectivity index (χ1n) is 8.74. The zero-order chi connectivity index (χ0) is 19.1. The molecule has 0 aromatic rings. The Kier molecular flexibility index (Phi) is 5.57. The van der Waals surface area contributed by atoms with Gasteiger partial charge in [-0.3, -0.25) is 4.79 Å². The Bertz CT molecular complexity index is 550. The summed E-state index contributed by atoms with van der Waals surface area (Å²) in [4.78, 5) is 11.5. The van der Waals surface area contributed by atoms with E-state index in [1.54, 1.807) is 0 Å². The third-order valence-corrected chi connectivity index (χ3v) is 5.47. The van der Waals surface area contributed by atoms with Crippen molar-refractivity contribution in [3.8, 4) is 0 Å². The van der Waals surface area contributed by atoms with Gasteiger partial charge in [0.2, 0.25) is 6.29 Å². The third-order valence-electron chi connectivity index (χ3n) is 5.47. The number of hydrogen-bond donors (Lipinski definition) is 4. The van der Waals surface area contributed by atoms with Crippen LogP contribution in [0.2, 0.25) is 0 Å². The lowest BCUT2D eigenvalue weighted by Gasteiger charge is -2.44. The molecule has 0 aromatic carbocycles. The molecule has 3 aliphatic rings. The van der Waals surface area contributed by atoms with Crippen LogP contribution in [0.4, 0.5) is 0 Å². The van der Waals surface area contributed by atoms with Crippen molar-refractivity contribution in [2.75, 3.05) is 6.61 Å². The first-order chi connectivity index (χ1) is 12.3. The summed E-state index contributed by atoms with van der Waals surface area (Å²) in [5, 5.41) is 39.2. The van der Waals surface area contributed by atoms with Crippen LogP contribution in [0.3, 0.4) is 0 Å². The number of aliphatic hydroxyl groups is 4. The summed E-state index contributed by atoms with van der Waals surface area (Å²) in [5.74, 6) is -0.680. The third kappa shape index (κ3) is 3.47. The van der Waals surface area contributed by atoms with E-state index in [0.717, 1.165) is 6.42 Å². The van der Waals surface area contributed by atoms with Crippen molar-refractivity contribution in [3.05, 3.63) is 12.3 Å². The fourth-order valence-corrected chi connectivity index (χ4v) is 4.14. The summed E-state index contributed by atoms with van der Waals surface area (Å²) in [6.07, 6.45) is -3.02. The SMILES string of the molecule is CC(=O)OC1(C)CCC2C=COC(OC3OC(CO)C(O)C(O)C3O)C21. The maximum Gasteiger partial charge on any atom is 0.303 e. The fraction of sp³-hybridized carbons (Fsp3) is 0.824. The summed E-state index contributed by atoms with van der Waals surface area (Å²) in [6.45, 7) is 2.60. The van der Waals surface area contributed by atoms with Gasteiger partial charge in [0, 0.05) is 6.92 Å². The molecule has 0 bridgehead atoms. The topological polar surface area (TPSA) is 135 Å². The minimum absolute atomic E-state index is 0.0583. The van der Waals surface area contributed by atoms with E-state index in [1.165, 1.54) is 13.2 Å². The Balaban J connectivity index is 1.77. The van der Waals surface area contributed by atoms with Gasteiger partial charge in [0.25, 0.3) is 0 Å². The Labute approximate surface area is 151 Å². The van der Waals surface area contributed by atoms with Gasteiger partial charge >= 0.3 is 5.97 Å². The van der Waals surface area contributed by atoms with E-state index in [2.05, 4.69) is 0 Å². The molecular formula is C17H26O9. The number of aliphatic hydroxyl groups excluding tert-OH is 4. The average molecular weight is 374 g/mol. The van der Waals surface area contributed by atoms with E-state index in [0.29, 0.717) is 6.42 Å². The van der Waals surface area contributed by atoms with Crippen molar-refractivity contribution < 1.29 is 44.2 Å². The molecule has 2 heterocycles. The van der Waals surface area contributed by atoms with E-state index < -0.39 is 55.2 Å². The minimum atomic E-state index is -1.54. The number of allylic oxidation sites excluding steroid dienone is 1. The molecule has 9 atom stereocenters. The van der Waals surface area contributed by atoms with Crippen molar-refractivity contribution in [2.45, 2.75) is 69.3 Å². The molecule has 0 radical (unpaired) electrons. The monoisotopic (exact) mass is 374 g/mol. The molecule has 1 saturated carbocycles. The van der Waals surface area contributed by atoms with Crippen molar-refractivity contribution in [2.24, 2.45) is 11.8 Å². The second kappa shape index (κ2) is 7.41. The highest BCUT2D eigenvalue weighted by atomic mass is 16.8. The van der Waals surface area contributed by atoms with Gasteiger partial charge in [-0.1, -0.05) is 0 Å². The quantitative estimate of drug-likeness (QED) is 0.458. The molecule has 26 heavy (non-hydrogen) atoms. The molecule has 0 amide bonds. The number of carbonyl (C=O) groups is 1. The molecular weight excluding hydrogens is 348 g/mol. The highest BCUT2D eigenvalue weighted by molar-refractivity contribution is 5.66. The van der Waals surface area contributed by atoms with Gasteiger partial charge in [-0.2, -0.15) is 0 Å². The zero-order valence-electron chi connectivity index (χ0n) is 14.7. The molecule has 1 saturated heterocycles. The predicted octanol–water partition coefficient (Wildman–Crippen LogP) is -0.979. The number of carbonyl (C=O) groups excluding carboxylic acids is 1. The molecule has 2 aliphatic heterocycles. The first-order valence-corrected chi connectivity index (χ1v) is 8.74. The molecule has 2 fully saturated rings. The fourth-order valence-electron chi connectivity index (χ4n) is 4.14. The lowest BCUT2D eigenvalue weighted by atomic mass is 9.85. The Morgan fingerprint density at radius 1 is 1.23 bits per heavy atom. The molecule has 0 spiro atoms. The van der Waals surface area contributed by atoms with Crippen LogP contribution in [0.5, 0.6) is 0 Å². The van der Waals surface area contributed by atoms with Gasteiger partial charge in [0.15, 0.2) is 6.29 Å². The summed E-state index contributed by atoms with van der Waals surface area (Å²) in [7, 11) is 0. The van der Waals surface area contributed by atoms with Crippen LogP contribution >= 0.6 is 0 Å². The van der Waals surface area contributed by atoms with E-state index in [-0.39, 0.29) is 11.8 Å². The first kappa shape index (κ1) is 19.5. The zero-order valence-corrected chi connectivity index (χ0v) is 14.7. The summed E-state index contributed by atoms with van der Waals surface area (Å²) < 4.78 is 22.2. The van der Waals surface area contributed by atoms with E-state index in [4.69, 9.17) is 18.9 Å². The van der Waals surface area contributed by atoms with Crippen LogP contribution in [0.25, 0.3) is 0 Å². The average Bonchev–Trinajstić information content (AvgIpc) is 2.92. The maximum absolute atomic E-state index is 11.5. The number of fused-ring (bicyclic) bond motifs is 1. The van der Waals surface area contributed by atoms with Gasteiger partial charge in [-0.05, 0) is 31.8 Å². The molecule has 0 aromatic heterocycles. The standard InChI is InChI=1S/C17H26O9/c1-8(19)26-17(2)5-3-9-4-6-23-15(11(9)17)25-16-14(22)13(21)12(20)10(7-18)24-16/h4,6,9-16,18,20-22H,3,5,7H2,1-2H3. The second-order valence-electron chi connectivity index (χ2n) is 7.30. The Morgan fingerprint density at radius 3 is 2.62 bits per heavy atom. The maximum atomic E-state index is 11.5. The molecule has 1 aliphatic carbocycles. The lowest BCUT2D eigenvalue weighted by molar-refractivity contribution is -0.346. The molecule has 4 N–H and O–H groups in total. The van der Waals surface area contributed by atoms with Crippen molar-refractivity contribution in [1.82, 2.24) is 0 Å². The highest BCUT2D eigenvalue weighted by Crippen LogP contribution is 2.48. The van der Waals surface area contributed by atoms with E-state index in [1.807, 2.05) is 13.0 Å². The van der Waals surface area contributed by atoms with E-state index >= 15 is 0 Å². The summed E-state index contributed by atoms with van der Waals surface area (Å²) >= 11 is 0. The Morgan fingerprint density at radius 2 is 1.96 bits per heavy atom. The van der Waals surface area contributed by atoms with Crippen LogP contribution in [-0.2, 0) is 23.7 Å². The Hall–Kier alpha value is -1.23. The second-order valence-corrected chi connectivity index (χ2v) is 7.30. The molecule has 9 unspecified atom stereocenters. The summed E-state index contributed by atoms with van der Waals surface area (Å²) in [6, 6.07) is 0. The number of ether oxygens (including phenoxy) is 4. The highest BCUT2D eigenvalue weighted by Gasteiger charge is 2.55. The van der Waals surface area contributed by atoms with Crippen LogP contribution in [0, 0.1) is 11.8 Å². The van der Waals surface area contributed by atoms with Gasteiger partial charge in [-0.25, -0.2) is 0 Å². The lowest BCUT2D eigenvalue weighted by Crippen LogP contribution is -2.60. The van der Waals surface area contributed by atoms with Crippen LogP contribution in [-0.4, -0.2) is 75.6 Å². The minimum Gasteiger partial charge on any atom is -0.472 e. The van der Waals surface area contributed by atoms with Crippen LogP contribution in [0.1, 0.15) is 26.7 Å². The van der Waals surface area contributed by atoms with Crippen molar-refractivity contribution >= 4 is 5.97 Å². The largest absolute Gasteiger partial charge is 0.472 e. The normalized spacial score (nSPS) is 47.9.